The minimum Gasteiger partial charge on any atom is -0.505 e. The molecule has 1 aliphatic carbocycles. The Morgan fingerprint density at radius 2 is 1.42 bits per heavy atom. The fourth-order valence-electron chi connectivity index (χ4n) is 3.22. The largest absolute Gasteiger partial charge is 0.505 e. The highest BCUT2D eigenvalue weighted by molar-refractivity contribution is 5.56. The average molecular weight is 327 g/mol. The van der Waals surface area contributed by atoms with Crippen molar-refractivity contribution in [2.24, 2.45) is 0 Å². The molecule has 0 aliphatic heterocycles. The molecule has 1 aliphatic rings. The van der Waals surface area contributed by atoms with Gasteiger partial charge in [0.1, 0.15) is 11.4 Å². The molecule has 0 bridgehead atoms. The lowest BCUT2D eigenvalue weighted by Gasteiger charge is -2.27. The monoisotopic (exact) mass is 327 g/mol. The highest BCUT2D eigenvalue weighted by Gasteiger charge is 2.27. The van der Waals surface area contributed by atoms with Crippen molar-refractivity contribution in [3.63, 3.8) is 0 Å². The van der Waals surface area contributed by atoms with Crippen LogP contribution >= 0.6 is 0 Å². The van der Waals surface area contributed by atoms with Gasteiger partial charge in [-0.15, -0.1) is 4.80 Å². The van der Waals surface area contributed by atoms with Gasteiger partial charge in [0.2, 0.25) is 0 Å². The van der Waals surface area contributed by atoms with E-state index in [2.05, 4.69) is 57.8 Å². The smallest absolute Gasteiger partial charge is 0.146 e. The Morgan fingerprint density at radius 1 is 0.875 bits per heavy atom. The molecule has 0 unspecified atom stereocenters. The number of fused-ring (bicyclic) bond motifs is 1. The van der Waals surface area contributed by atoms with E-state index in [1.165, 1.54) is 18.4 Å². The Morgan fingerprint density at radius 3 is 1.88 bits per heavy atom. The highest BCUT2D eigenvalue weighted by Crippen LogP contribution is 2.39. The van der Waals surface area contributed by atoms with Crippen molar-refractivity contribution in [2.75, 3.05) is 0 Å². The molecule has 2 aromatic rings. The summed E-state index contributed by atoms with van der Waals surface area (Å²) in [6, 6.07) is 4.16. The van der Waals surface area contributed by atoms with Gasteiger partial charge in [0.25, 0.3) is 0 Å². The topological polar surface area (TPSA) is 50.9 Å². The van der Waals surface area contributed by atoms with Crippen molar-refractivity contribution < 1.29 is 5.11 Å². The Kier molecular flexibility index (Phi) is 3.97. The summed E-state index contributed by atoms with van der Waals surface area (Å²) in [5, 5.41) is 20.3. The number of aromatic nitrogens is 3. The van der Waals surface area contributed by atoms with Crippen molar-refractivity contribution in [3.8, 4) is 11.4 Å². The van der Waals surface area contributed by atoms with Crippen LogP contribution in [0.4, 0.5) is 0 Å². The molecule has 3 rings (SSSR count). The molecular weight excluding hydrogens is 298 g/mol. The van der Waals surface area contributed by atoms with Gasteiger partial charge in [-0.25, -0.2) is 0 Å². The van der Waals surface area contributed by atoms with Crippen molar-refractivity contribution in [2.45, 2.75) is 78.1 Å². The van der Waals surface area contributed by atoms with Crippen molar-refractivity contribution in [3.05, 3.63) is 34.6 Å². The molecule has 0 spiro atoms. The number of aryl methyl sites for hydroxylation is 2. The number of aromatic hydroxyl groups is 1. The second kappa shape index (κ2) is 5.61. The van der Waals surface area contributed by atoms with Crippen molar-refractivity contribution >= 4 is 0 Å². The number of hydrogen-bond donors (Lipinski definition) is 1. The number of phenols is 1. The van der Waals surface area contributed by atoms with Gasteiger partial charge in [-0.05, 0) is 48.1 Å². The second-order valence-electron chi connectivity index (χ2n) is 8.98. The Hall–Kier alpha value is -1.84. The van der Waals surface area contributed by atoms with Crippen LogP contribution in [0.25, 0.3) is 5.69 Å². The third-order valence-corrected chi connectivity index (χ3v) is 4.82. The van der Waals surface area contributed by atoms with E-state index >= 15 is 0 Å². The van der Waals surface area contributed by atoms with Gasteiger partial charge in [-0.3, -0.25) is 0 Å². The zero-order valence-electron chi connectivity index (χ0n) is 15.8. The van der Waals surface area contributed by atoms with E-state index in [1.807, 2.05) is 6.07 Å². The molecule has 0 amide bonds. The number of hydrogen-bond acceptors (Lipinski definition) is 3. The molecule has 1 aromatic carbocycles. The molecule has 0 saturated carbocycles. The van der Waals surface area contributed by atoms with Crippen LogP contribution in [0, 0.1) is 0 Å². The molecule has 0 radical (unpaired) electrons. The number of nitrogens with zero attached hydrogens (tertiary/aromatic N) is 3. The van der Waals surface area contributed by atoms with Gasteiger partial charge >= 0.3 is 0 Å². The van der Waals surface area contributed by atoms with Gasteiger partial charge in [-0.1, -0.05) is 47.6 Å². The molecule has 1 heterocycles. The summed E-state index contributed by atoms with van der Waals surface area (Å²) in [6.45, 7) is 12.9. The maximum Gasteiger partial charge on any atom is 0.146 e. The van der Waals surface area contributed by atoms with Crippen LogP contribution in [0.1, 0.15) is 76.9 Å². The summed E-state index contributed by atoms with van der Waals surface area (Å²) >= 11 is 0. The average Bonchev–Trinajstić information content (AvgIpc) is 2.88. The van der Waals surface area contributed by atoms with Crippen LogP contribution in [0.15, 0.2) is 12.1 Å². The van der Waals surface area contributed by atoms with Gasteiger partial charge in [0.15, 0.2) is 0 Å². The fourth-order valence-corrected chi connectivity index (χ4v) is 3.22. The highest BCUT2D eigenvalue weighted by atomic mass is 16.3. The lowest BCUT2D eigenvalue weighted by molar-refractivity contribution is 0.437. The summed E-state index contributed by atoms with van der Waals surface area (Å²) in [7, 11) is 0. The first-order chi connectivity index (χ1) is 11.1. The normalized spacial score (nSPS) is 15.4. The first-order valence-electron chi connectivity index (χ1n) is 8.91. The van der Waals surface area contributed by atoms with Crippen LogP contribution in [0.2, 0.25) is 0 Å². The summed E-state index contributed by atoms with van der Waals surface area (Å²) in [5.41, 5.74) is 4.85. The molecular formula is C20H29N3O. The minimum atomic E-state index is -0.146. The number of rotatable bonds is 1. The Bertz CT molecular complexity index is 737. The van der Waals surface area contributed by atoms with E-state index in [0.29, 0.717) is 11.4 Å². The molecule has 0 atom stereocenters. The first-order valence-corrected chi connectivity index (χ1v) is 8.91. The van der Waals surface area contributed by atoms with E-state index in [1.54, 1.807) is 4.80 Å². The molecule has 130 valence electrons. The maximum absolute atomic E-state index is 10.9. The lowest BCUT2D eigenvalue weighted by atomic mass is 9.80. The molecule has 1 aromatic heterocycles. The van der Waals surface area contributed by atoms with E-state index in [-0.39, 0.29) is 10.8 Å². The van der Waals surface area contributed by atoms with E-state index in [9.17, 15) is 5.11 Å². The lowest BCUT2D eigenvalue weighted by Crippen LogP contribution is -2.18. The third-order valence-electron chi connectivity index (χ3n) is 4.82. The van der Waals surface area contributed by atoms with Crippen molar-refractivity contribution in [1.29, 1.82) is 0 Å². The van der Waals surface area contributed by atoms with Crippen LogP contribution in [-0.4, -0.2) is 20.1 Å². The molecule has 4 heteroatoms. The van der Waals surface area contributed by atoms with Gasteiger partial charge in [0.05, 0.1) is 11.4 Å². The van der Waals surface area contributed by atoms with Gasteiger partial charge in [-0.2, -0.15) is 10.2 Å². The number of benzene rings is 1. The standard InChI is InChI=1S/C20H29N3O/c1-19(2,3)13-11-14(20(4,5)6)18(24)17(12-13)23-21-15-9-7-8-10-16(15)22-23/h11-12,24H,7-10H2,1-6H3. The molecule has 24 heavy (non-hydrogen) atoms. The van der Waals surface area contributed by atoms with Crippen molar-refractivity contribution in [1.82, 2.24) is 15.0 Å². The Labute approximate surface area is 144 Å². The zero-order valence-corrected chi connectivity index (χ0v) is 15.8. The molecule has 0 saturated heterocycles. The molecule has 4 nitrogen and oxygen atoms in total. The van der Waals surface area contributed by atoms with Crippen LogP contribution < -0.4 is 0 Å². The Balaban J connectivity index is 2.21. The third kappa shape index (κ3) is 3.06. The predicted octanol–water partition coefficient (Wildman–Crippen LogP) is 4.45. The maximum atomic E-state index is 10.9. The summed E-state index contributed by atoms with van der Waals surface area (Å²) in [5.74, 6) is 0.294. The van der Waals surface area contributed by atoms with E-state index in [0.717, 1.165) is 29.8 Å². The first kappa shape index (κ1) is 17.0. The van der Waals surface area contributed by atoms with Crippen LogP contribution in [-0.2, 0) is 23.7 Å². The summed E-state index contributed by atoms with van der Waals surface area (Å²) in [4.78, 5) is 1.65. The van der Waals surface area contributed by atoms with E-state index in [4.69, 9.17) is 0 Å². The zero-order chi connectivity index (χ0) is 17.7. The fraction of sp³-hybridized carbons (Fsp3) is 0.600. The van der Waals surface area contributed by atoms with E-state index < -0.39 is 0 Å². The molecule has 1 N–H and O–H groups in total. The quantitative estimate of drug-likeness (QED) is 0.842. The second-order valence-corrected chi connectivity index (χ2v) is 8.98. The summed E-state index contributed by atoms with van der Waals surface area (Å²) in [6.07, 6.45) is 4.32. The predicted molar refractivity (Wildman–Crippen MR) is 97.1 cm³/mol. The van der Waals surface area contributed by atoms with Crippen LogP contribution in [0.3, 0.4) is 0 Å². The van der Waals surface area contributed by atoms with Gasteiger partial charge in [0, 0.05) is 5.56 Å². The van der Waals surface area contributed by atoms with Gasteiger partial charge < -0.3 is 5.11 Å². The summed E-state index contributed by atoms with van der Waals surface area (Å²) < 4.78 is 0. The minimum absolute atomic E-state index is 0.00474. The number of phenolic OH excluding ortho intramolecular Hbond substituents is 1. The van der Waals surface area contributed by atoms with Crippen LogP contribution in [0.5, 0.6) is 5.75 Å². The SMILES string of the molecule is CC(C)(C)c1cc(-n2nc3c(n2)CCCC3)c(O)c(C(C)(C)C)c1. The molecule has 0 fully saturated rings.